The van der Waals surface area contributed by atoms with Crippen LogP contribution < -0.4 is 0 Å². The molecule has 132 valence electrons. The summed E-state index contributed by atoms with van der Waals surface area (Å²) in [5.74, 6) is 0. The molecular weight excluding hydrogens is 266 g/mol. The first kappa shape index (κ1) is 20.0. The maximum atomic E-state index is 2.78. The summed E-state index contributed by atoms with van der Waals surface area (Å²) in [6.07, 6.45) is 23.2. The number of rotatable bonds is 15. The number of hydrogen-bond acceptors (Lipinski definition) is 1. The summed E-state index contributed by atoms with van der Waals surface area (Å²) in [6.45, 7) is 7.41. The van der Waals surface area contributed by atoms with E-state index in [0.717, 1.165) is 6.04 Å². The second-order valence-electron chi connectivity index (χ2n) is 7.51. The van der Waals surface area contributed by atoms with Gasteiger partial charge in [0.2, 0.25) is 0 Å². The van der Waals surface area contributed by atoms with Crippen molar-refractivity contribution < 1.29 is 0 Å². The third-order valence-corrected chi connectivity index (χ3v) is 5.42. The van der Waals surface area contributed by atoms with Crippen LogP contribution in [0.15, 0.2) is 0 Å². The Morgan fingerprint density at radius 2 is 1.09 bits per heavy atom. The van der Waals surface area contributed by atoms with Gasteiger partial charge in [0.25, 0.3) is 0 Å². The van der Waals surface area contributed by atoms with E-state index in [2.05, 4.69) is 18.7 Å². The van der Waals surface area contributed by atoms with Gasteiger partial charge in [-0.15, -0.1) is 0 Å². The highest BCUT2D eigenvalue weighted by Crippen LogP contribution is 2.21. The molecule has 1 aliphatic heterocycles. The van der Waals surface area contributed by atoms with Crippen molar-refractivity contribution in [3.63, 3.8) is 0 Å². The molecule has 1 saturated heterocycles. The lowest BCUT2D eigenvalue weighted by Crippen LogP contribution is -2.32. The van der Waals surface area contributed by atoms with E-state index >= 15 is 0 Å². The molecule has 1 aliphatic rings. The monoisotopic (exact) mass is 309 g/mol. The normalized spacial score (nSPS) is 17.2. The average Bonchev–Trinajstić information content (AvgIpc) is 3.06. The summed E-state index contributed by atoms with van der Waals surface area (Å²) < 4.78 is 0. The van der Waals surface area contributed by atoms with Gasteiger partial charge in [0.1, 0.15) is 0 Å². The number of likely N-dealkylation sites (tertiary alicyclic amines) is 1. The van der Waals surface area contributed by atoms with Crippen molar-refractivity contribution in [2.45, 2.75) is 123 Å². The van der Waals surface area contributed by atoms with E-state index in [0.29, 0.717) is 0 Å². The van der Waals surface area contributed by atoms with Crippen LogP contribution in [0, 0.1) is 0 Å². The summed E-state index contributed by atoms with van der Waals surface area (Å²) in [5, 5.41) is 0. The summed E-state index contributed by atoms with van der Waals surface area (Å²) in [7, 11) is 0. The lowest BCUT2D eigenvalue weighted by Gasteiger charge is -2.27. The predicted molar refractivity (Wildman–Crippen MR) is 101 cm³/mol. The molecule has 1 heteroatoms. The molecule has 0 saturated carbocycles. The van der Waals surface area contributed by atoms with Gasteiger partial charge in [-0.25, -0.2) is 0 Å². The first-order chi connectivity index (χ1) is 10.9. The van der Waals surface area contributed by atoms with Gasteiger partial charge in [0, 0.05) is 6.04 Å². The summed E-state index contributed by atoms with van der Waals surface area (Å²) in [4.78, 5) is 2.78. The molecule has 0 N–H and O–H groups in total. The molecule has 1 heterocycles. The second-order valence-corrected chi connectivity index (χ2v) is 7.51. The summed E-state index contributed by atoms with van der Waals surface area (Å²) >= 11 is 0. The Balaban J connectivity index is 1.88. The van der Waals surface area contributed by atoms with Gasteiger partial charge in [-0.3, -0.25) is 0 Å². The fourth-order valence-electron chi connectivity index (χ4n) is 3.99. The van der Waals surface area contributed by atoms with Crippen molar-refractivity contribution in [1.82, 2.24) is 4.90 Å². The lowest BCUT2D eigenvalue weighted by molar-refractivity contribution is 0.213. The Labute approximate surface area is 141 Å². The highest BCUT2D eigenvalue weighted by Gasteiger charge is 2.20. The van der Waals surface area contributed by atoms with Crippen LogP contribution in [0.3, 0.4) is 0 Å². The maximum absolute atomic E-state index is 2.78. The molecular formula is C21H43N. The zero-order valence-corrected chi connectivity index (χ0v) is 15.8. The fraction of sp³-hybridized carbons (Fsp3) is 1.00. The Kier molecular flexibility index (Phi) is 13.2. The van der Waals surface area contributed by atoms with Gasteiger partial charge in [-0.05, 0) is 38.8 Å². The van der Waals surface area contributed by atoms with E-state index in [1.54, 1.807) is 0 Å². The molecule has 1 nitrogen and oxygen atoms in total. The second kappa shape index (κ2) is 14.5. The molecule has 0 radical (unpaired) electrons. The molecule has 0 spiro atoms. The van der Waals surface area contributed by atoms with Gasteiger partial charge < -0.3 is 4.90 Å². The summed E-state index contributed by atoms with van der Waals surface area (Å²) in [5.41, 5.74) is 0. The van der Waals surface area contributed by atoms with Crippen LogP contribution in [-0.4, -0.2) is 24.0 Å². The third kappa shape index (κ3) is 9.87. The van der Waals surface area contributed by atoms with Crippen LogP contribution in [0.4, 0.5) is 0 Å². The zero-order chi connectivity index (χ0) is 15.9. The third-order valence-electron chi connectivity index (χ3n) is 5.42. The van der Waals surface area contributed by atoms with E-state index in [1.807, 2.05) is 0 Å². The highest BCUT2D eigenvalue weighted by atomic mass is 15.2. The Hall–Kier alpha value is -0.0400. The molecule has 1 rings (SSSR count). The first-order valence-corrected chi connectivity index (χ1v) is 10.6. The standard InChI is InChI=1S/C21H43N/c1-3-5-6-7-8-9-10-11-12-13-14-18-21(17-4-2)22-19-15-16-20-22/h21H,3-20H2,1-2H3. The molecule has 0 amide bonds. The molecule has 0 aliphatic carbocycles. The molecule has 22 heavy (non-hydrogen) atoms. The largest absolute Gasteiger partial charge is 0.300 e. The topological polar surface area (TPSA) is 3.24 Å². The number of hydrogen-bond donors (Lipinski definition) is 0. The van der Waals surface area contributed by atoms with E-state index in [1.165, 1.54) is 116 Å². The van der Waals surface area contributed by atoms with E-state index in [9.17, 15) is 0 Å². The maximum Gasteiger partial charge on any atom is 0.00951 e. The van der Waals surface area contributed by atoms with Crippen LogP contribution in [0.1, 0.15) is 117 Å². The minimum atomic E-state index is 0.908. The van der Waals surface area contributed by atoms with Crippen LogP contribution in [0.2, 0.25) is 0 Å². The van der Waals surface area contributed by atoms with Crippen LogP contribution in [-0.2, 0) is 0 Å². The Morgan fingerprint density at radius 3 is 1.59 bits per heavy atom. The quantitative estimate of drug-likeness (QED) is 0.296. The summed E-state index contributed by atoms with van der Waals surface area (Å²) in [6, 6.07) is 0.908. The van der Waals surface area contributed by atoms with Crippen molar-refractivity contribution >= 4 is 0 Å². The van der Waals surface area contributed by atoms with Gasteiger partial charge in [-0.2, -0.15) is 0 Å². The SMILES string of the molecule is CCCCCCCCCCCCCC(CCC)N1CCCC1. The number of nitrogens with zero attached hydrogens (tertiary/aromatic N) is 1. The molecule has 0 aromatic carbocycles. The smallest absolute Gasteiger partial charge is 0.00951 e. The van der Waals surface area contributed by atoms with E-state index < -0.39 is 0 Å². The van der Waals surface area contributed by atoms with E-state index in [4.69, 9.17) is 0 Å². The van der Waals surface area contributed by atoms with Crippen molar-refractivity contribution in [1.29, 1.82) is 0 Å². The molecule has 0 aromatic heterocycles. The van der Waals surface area contributed by atoms with Gasteiger partial charge in [0.15, 0.2) is 0 Å². The van der Waals surface area contributed by atoms with Gasteiger partial charge in [0.05, 0.1) is 0 Å². The van der Waals surface area contributed by atoms with Crippen molar-refractivity contribution in [3.05, 3.63) is 0 Å². The lowest BCUT2D eigenvalue weighted by atomic mass is 10.0. The predicted octanol–water partition coefficient (Wildman–Crippen LogP) is 6.95. The first-order valence-electron chi connectivity index (χ1n) is 10.6. The molecule has 0 bridgehead atoms. The minimum Gasteiger partial charge on any atom is -0.300 e. The van der Waals surface area contributed by atoms with E-state index in [-0.39, 0.29) is 0 Å². The van der Waals surface area contributed by atoms with Crippen LogP contribution >= 0.6 is 0 Å². The van der Waals surface area contributed by atoms with Crippen molar-refractivity contribution in [2.75, 3.05) is 13.1 Å². The van der Waals surface area contributed by atoms with Crippen LogP contribution in [0.25, 0.3) is 0 Å². The molecule has 0 aromatic rings. The molecule has 1 unspecified atom stereocenters. The van der Waals surface area contributed by atoms with Gasteiger partial charge >= 0.3 is 0 Å². The Bertz CT molecular complexity index is 220. The fourth-order valence-corrected chi connectivity index (χ4v) is 3.99. The van der Waals surface area contributed by atoms with Crippen LogP contribution in [0.5, 0.6) is 0 Å². The molecule has 1 fully saturated rings. The number of unbranched alkanes of at least 4 members (excludes halogenated alkanes) is 10. The average molecular weight is 310 g/mol. The Morgan fingerprint density at radius 1 is 0.591 bits per heavy atom. The van der Waals surface area contributed by atoms with Gasteiger partial charge in [-0.1, -0.05) is 90.9 Å². The highest BCUT2D eigenvalue weighted by molar-refractivity contribution is 4.76. The minimum absolute atomic E-state index is 0.908. The van der Waals surface area contributed by atoms with Crippen molar-refractivity contribution in [2.24, 2.45) is 0 Å². The zero-order valence-electron chi connectivity index (χ0n) is 15.8. The molecule has 1 atom stereocenters. The van der Waals surface area contributed by atoms with Crippen molar-refractivity contribution in [3.8, 4) is 0 Å².